The Balaban J connectivity index is 2.19. The molecule has 0 spiro atoms. The monoisotopic (exact) mass is 349 g/mol. The summed E-state index contributed by atoms with van der Waals surface area (Å²) in [4.78, 5) is 8.24. The van der Waals surface area contributed by atoms with Crippen LogP contribution < -0.4 is 10.5 Å². The lowest BCUT2D eigenvalue weighted by atomic mass is 9.93. The summed E-state index contributed by atoms with van der Waals surface area (Å²) in [6.07, 6.45) is 1.26. The maximum absolute atomic E-state index is 13.4. The van der Waals surface area contributed by atoms with Crippen LogP contribution in [-0.2, 0) is 0 Å². The normalized spacial score (nSPS) is 13.1. The van der Waals surface area contributed by atoms with E-state index in [1.165, 1.54) is 6.07 Å². The fraction of sp³-hybridized carbons (Fsp3) is 0.474. The Bertz CT molecular complexity index is 714. The number of aromatic nitrogens is 2. The Morgan fingerprint density at radius 2 is 1.92 bits per heavy atom. The lowest BCUT2D eigenvalue weighted by Gasteiger charge is -2.23. The molecule has 25 heavy (non-hydrogen) atoms. The average molecular weight is 349 g/mol. The van der Waals surface area contributed by atoms with Gasteiger partial charge in [-0.2, -0.15) is 0 Å². The molecule has 2 N–H and O–H groups in total. The highest BCUT2D eigenvalue weighted by Gasteiger charge is 2.20. The smallest absolute Gasteiger partial charge is 0.269 e. The van der Waals surface area contributed by atoms with Crippen LogP contribution in [0.4, 0.5) is 8.78 Å². The van der Waals surface area contributed by atoms with Crippen molar-refractivity contribution < 1.29 is 13.5 Å². The van der Waals surface area contributed by atoms with Crippen LogP contribution in [0.3, 0.4) is 0 Å². The highest BCUT2D eigenvalue weighted by atomic mass is 19.3. The van der Waals surface area contributed by atoms with E-state index >= 15 is 0 Å². The summed E-state index contributed by atoms with van der Waals surface area (Å²) < 4.78 is 32.5. The quantitative estimate of drug-likeness (QED) is 0.798. The Labute approximate surface area is 147 Å². The third-order valence-corrected chi connectivity index (χ3v) is 3.72. The van der Waals surface area contributed by atoms with E-state index in [1.807, 2.05) is 33.8 Å². The average Bonchev–Trinajstić information content (AvgIpc) is 2.51. The Kier molecular flexibility index (Phi) is 6.06. The first kappa shape index (κ1) is 19.2. The number of hydrogen-bond donors (Lipinski definition) is 1. The van der Waals surface area contributed by atoms with Gasteiger partial charge in [0.1, 0.15) is 0 Å². The van der Waals surface area contributed by atoms with E-state index < -0.39 is 6.43 Å². The van der Waals surface area contributed by atoms with Crippen molar-refractivity contribution in [2.24, 2.45) is 11.7 Å². The molecule has 136 valence electrons. The van der Waals surface area contributed by atoms with E-state index in [4.69, 9.17) is 10.5 Å². The minimum Gasteiger partial charge on any atom is -0.477 e. The van der Waals surface area contributed by atoms with Crippen LogP contribution in [0.2, 0.25) is 0 Å². The second kappa shape index (κ2) is 7.87. The molecule has 0 radical (unpaired) electrons. The number of rotatable bonds is 7. The number of nitrogens with zero attached hydrogens (tertiary/aromatic N) is 2. The molecular formula is C19H25F2N3O. The molecule has 0 amide bonds. The van der Waals surface area contributed by atoms with Crippen LogP contribution in [0.15, 0.2) is 30.6 Å². The van der Waals surface area contributed by atoms with E-state index in [-0.39, 0.29) is 22.9 Å². The minimum atomic E-state index is -2.66. The van der Waals surface area contributed by atoms with Gasteiger partial charge in [-0.3, -0.25) is 4.98 Å². The Morgan fingerprint density at radius 1 is 1.20 bits per heavy atom. The molecular weight excluding hydrogens is 324 g/mol. The van der Waals surface area contributed by atoms with Crippen LogP contribution in [0.25, 0.3) is 11.1 Å². The standard InChI is InChI=1S/C19H25F2N3O/c1-12(9-19(3,4)22)11-25-18-16(17(20)21)8-15(10-24-18)14-5-6-23-13(2)7-14/h5-8,10,12,17H,9,11,22H2,1-4H3/t12-/m0/s1. The molecule has 2 heterocycles. The van der Waals surface area contributed by atoms with E-state index in [9.17, 15) is 8.78 Å². The highest BCUT2D eigenvalue weighted by molar-refractivity contribution is 5.64. The van der Waals surface area contributed by atoms with Gasteiger partial charge in [0.15, 0.2) is 0 Å². The van der Waals surface area contributed by atoms with Crippen molar-refractivity contribution in [2.75, 3.05) is 6.61 Å². The molecule has 0 fully saturated rings. The molecule has 2 rings (SSSR count). The maximum atomic E-state index is 13.4. The summed E-state index contributed by atoms with van der Waals surface area (Å²) in [6, 6.07) is 5.03. The second-order valence-electron chi connectivity index (χ2n) is 7.21. The van der Waals surface area contributed by atoms with Gasteiger partial charge in [0.25, 0.3) is 6.43 Å². The van der Waals surface area contributed by atoms with Crippen LogP contribution in [-0.4, -0.2) is 22.1 Å². The number of halogens is 2. The summed E-state index contributed by atoms with van der Waals surface area (Å²) in [7, 11) is 0. The van der Waals surface area contributed by atoms with Crippen molar-refractivity contribution in [2.45, 2.75) is 46.1 Å². The van der Waals surface area contributed by atoms with Gasteiger partial charge in [-0.05, 0) is 56.9 Å². The molecule has 6 heteroatoms. The highest BCUT2D eigenvalue weighted by Crippen LogP contribution is 2.32. The topological polar surface area (TPSA) is 61.0 Å². The first-order valence-electron chi connectivity index (χ1n) is 8.28. The third kappa shape index (κ3) is 5.74. The lowest BCUT2D eigenvalue weighted by Crippen LogP contribution is -2.35. The van der Waals surface area contributed by atoms with Gasteiger partial charge in [0.2, 0.25) is 5.88 Å². The fourth-order valence-electron chi connectivity index (χ4n) is 2.81. The number of alkyl halides is 2. The largest absolute Gasteiger partial charge is 0.477 e. The Morgan fingerprint density at radius 3 is 2.52 bits per heavy atom. The van der Waals surface area contributed by atoms with Crippen LogP contribution in [0.1, 0.15) is 44.9 Å². The van der Waals surface area contributed by atoms with Gasteiger partial charge in [-0.1, -0.05) is 6.92 Å². The number of pyridine rings is 2. The number of hydrogen-bond acceptors (Lipinski definition) is 4. The Hall–Kier alpha value is -2.08. The molecule has 0 unspecified atom stereocenters. The predicted molar refractivity (Wildman–Crippen MR) is 94.7 cm³/mol. The molecule has 0 aromatic carbocycles. The van der Waals surface area contributed by atoms with Crippen LogP contribution >= 0.6 is 0 Å². The van der Waals surface area contributed by atoms with Gasteiger partial charge in [0, 0.05) is 29.2 Å². The predicted octanol–water partition coefficient (Wildman–Crippen LogP) is 4.53. The molecule has 2 aromatic rings. The maximum Gasteiger partial charge on any atom is 0.269 e. The van der Waals surface area contributed by atoms with Crippen LogP contribution in [0.5, 0.6) is 5.88 Å². The van der Waals surface area contributed by atoms with Crippen molar-refractivity contribution in [3.8, 4) is 17.0 Å². The number of aryl methyl sites for hydroxylation is 1. The van der Waals surface area contributed by atoms with E-state index in [1.54, 1.807) is 18.5 Å². The van der Waals surface area contributed by atoms with Crippen molar-refractivity contribution in [1.29, 1.82) is 0 Å². The lowest BCUT2D eigenvalue weighted by molar-refractivity contribution is 0.140. The summed E-state index contributed by atoms with van der Waals surface area (Å²) in [5.41, 5.74) is 7.68. The molecule has 0 saturated carbocycles. The zero-order valence-corrected chi connectivity index (χ0v) is 15.1. The van der Waals surface area contributed by atoms with Crippen molar-refractivity contribution in [3.63, 3.8) is 0 Å². The molecule has 0 aliphatic rings. The zero-order chi connectivity index (χ0) is 18.6. The van der Waals surface area contributed by atoms with E-state index in [0.717, 1.165) is 17.7 Å². The van der Waals surface area contributed by atoms with E-state index in [2.05, 4.69) is 9.97 Å². The van der Waals surface area contributed by atoms with Gasteiger partial charge in [-0.15, -0.1) is 0 Å². The van der Waals surface area contributed by atoms with E-state index in [0.29, 0.717) is 12.2 Å². The third-order valence-electron chi connectivity index (χ3n) is 3.72. The first-order valence-corrected chi connectivity index (χ1v) is 8.28. The summed E-state index contributed by atoms with van der Waals surface area (Å²) >= 11 is 0. The minimum absolute atomic E-state index is 0.0220. The molecule has 0 aliphatic carbocycles. The number of nitrogens with two attached hydrogens (primary N) is 1. The van der Waals surface area contributed by atoms with Gasteiger partial charge >= 0.3 is 0 Å². The summed E-state index contributed by atoms with van der Waals surface area (Å²) in [6.45, 7) is 7.98. The SMILES string of the molecule is Cc1cc(-c2cnc(OC[C@@H](C)CC(C)(C)N)c(C(F)F)c2)ccn1. The molecule has 1 atom stereocenters. The zero-order valence-electron chi connectivity index (χ0n) is 15.1. The molecule has 4 nitrogen and oxygen atoms in total. The fourth-order valence-corrected chi connectivity index (χ4v) is 2.81. The molecule has 0 saturated heterocycles. The summed E-state index contributed by atoms with van der Waals surface area (Å²) in [5, 5.41) is 0. The van der Waals surface area contributed by atoms with Gasteiger partial charge in [0.05, 0.1) is 12.2 Å². The summed E-state index contributed by atoms with van der Waals surface area (Å²) in [5.74, 6) is 0.112. The van der Waals surface area contributed by atoms with Crippen molar-refractivity contribution in [1.82, 2.24) is 9.97 Å². The van der Waals surface area contributed by atoms with Crippen molar-refractivity contribution >= 4 is 0 Å². The van der Waals surface area contributed by atoms with Gasteiger partial charge in [-0.25, -0.2) is 13.8 Å². The second-order valence-corrected chi connectivity index (χ2v) is 7.21. The van der Waals surface area contributed by atoms with Crippen molar-refractivity contribution in [3.05, 3.63) is 41.9 Å². The molecule has 2 aromatic heterocycles. The molecule has 0 aliphatic heterocycles. The number of ether oxygens (including phenoxy) is 1. The van der Waals surface area contributed by atoms with Gasteiger partial charge < -0.3 is 10.5 Å². The van der Waals surface area contributed by atoms with Crippen LogP contribution in [0, 0.1) is 12.8 Å². The first-order chi connectivity index (χ1) is 11.7. The molecule has 0 bridgehead atoms.